The van der Waals surface area contributed by atoms with E-state index in [-0.39, 0.29) is 12.1 Å². The molecule has 0 aliphatic carbocycles. The van der Waals surface area contributed by atoms with Crippen molar-refractivity contribution in [2.24, 2.45) is 0 Å². The van der Waals surface area contributed by atoms with Crippen molar-refractivity contribution in [1.82, 2.24) is 14.8 Å². The number of fused-ring (bicyclic) bond motifs is 1. The van der Waals surface area contributed by atoms with Gasteiger partial charge in [-0.2, -0.15) is 0 Å². The number of urea groups is 1. The van der Waals surface area contributed by atoms with Crippen LogP contribution in [0.15, 0.2) is 48.8 Å². The fraction of sp³-hybridized carbons (Fsp3) is 0.400. The van der Waals surface area contributed by atoms with E-state index in [1.165, 1.54) is 21.0 Å². The Labute approximate surface area is 189 Å². The zero-order valence-corrected chi connectivity index (χ0v) is 19.5. The first-order chi connectivity index (χ1) is 15.1. The van der Waals surface area contributed by atoms with E-state index in [0.717, 1.165) is 50.1 Å². The molecule has 1 aliphatic heterocycles. The van der Waals surface area contributed by atoms with E-state index < -0.39 is 0 Å². The second-order valence-corrected chi connectivity index (χ2v) is 9.09. The smallest absolute Gasteiger partial charge is 0.319 e. The van der Waals surface area contributed by atoms with Crippen LogP contribution in [-0.4, -0.2) is 28.6 Å². The Morgan fingerprint density at radius 3 is 2.61 bits per heavy atom. The molecule has 0 saturated heterocycles. The van der Waals surface area contributed by atoms with Gasteiger partial charge in [0.1, 0.15) is 5.00 Å². The second-order valence-electron chi connectivity index (χ2n) is 8.00. The SMILES string of the molecule is CCc1ccccc1NC(=O)NC(CC)c1c(-n2cccc2)sc2c1CCN(CC)C2. The maximum absolute atomic E-state index is 13.0. The van der Waals surface area contributed by atoms with E-state index in [1.54, 1.807) is 0 Å². The molecule has 164 valence electrons. The molecule has 1 unspecified atom stereocenters. The highest BCUT2D eigenvalue weighted by Gasteiger charge is 2.29. The van der Waals surface area contributed by atoms with E-state index in [4.69, 9.17) is 0 Å². The van der Waals surface area contributed by atoms with Crippen LogP contribution in [0.4, 0.5) is 10.5 Å². The molecule has 1 aliphatic rings. The van der Waals surface area contributed by atoms with E-state index in [0.29, 0.717) is 0 Å². The number of nitrogens with zero attached hydrogens (tertiary/aromatic N) is 2. The molecule has 0 saturated carbocycles. The third-order valence-corrected chi connectivity index (χ3v) is 7.40. The first-order valence-corrected chi connectivity index (χ1v) is 12.1. The maximum Gasteiger partial charge on any atom is 0.319 e. The fourth-order valence-electron chi connectivity index (χ4n) is 4.40. The summed E-state index contributed by atoms with van der Waals surface area (Å²) >= 11 is 1.87. The lowest BCUT2D eigenvalue weighted by Gasteiger charge is -2.27. The van der Waals surface area contributed by atoms with Gasteiger partial charge in [-0.1, -0.05) is 39.0 Å². The topological polar surface area (TPSA) is 49.3 Å². The van der Waals surface area contributed by atoms with Crippen molar-refractivity contribution in [1.29, 1.82) is 0 Å². The number of aryl methyl sites for hydroxylation is 1. The number of para-hydroxylation sites is 1. The average molecular weight is 437 g/mol. The zero-order chi connectivity index (χ0) is 21.8. The van der Waals surface area contributed by atoms with Gasteiger partial charge in [0.2, 0.25) is 0 Å². The van der Waals surface area contributed by atoms with E-state index in [2.05, 4.69) is 71.5 Å². The monoisotopic (exact) mass is 436 g/mol. The van der Waals surface area contributed by atoms with Crippen molar-refractivity contribution < 1.29 is 4.79 Å². The molecule has 1 aromatic carbocycles. The summed E-state index contributed by atoms with van der Waals surface area (Å²) in [5.41, 5.74) is 4.74. The molecule has 2 aromatic heterocycles. The molecule has 3 aromatic rings. The number of nitrogens with one attached hydrogen (secondary N) is 2. The van der Waals surface area contributed by atoms with Gasteiger partial charge in [0.05, 0.1) is 6.04 Å². The molecule has 0 fully saturated rings. The van der Waals surface area contributed by atoms with Crippen LogP contribution in [0.3, 0.4) is 0 Å². The van der Waals surface area contributed by atoms with Crippen molar-refractivity contribution in [3.63, 3.8) is 0 Å². The predicted molar refractivity (Wildman–Crippen MR) is 129 cm³/mol. The summed E-state index contributed by atoms with van der Waals surface area (Å²) in [6, 6.07) is 12.0. The average Bonchev–Trinajstić information content (AvgIpc) is 3.45. The summed E-state index contributed by atoms with van der Waals surface area (Å²) in [4.78, 5) is 16.9. The summed E-state index contributed by atoms with van der Waals surface area (Å²) in [7, 11) is 0. The van der Waals surface area contributed by atoms with Crippen LogP contribution in [0.25, 0.3) is 5.00 Å². The highest BCUT2D eigenvalue weighted by Crippen LogP contribution is 2.40. The first-order valence-electron chi connectivity index (χ1n) is 11.3. The Bertz CT molecular complexity index is 1020. The molecule has 0 radical (unpaired) electrons. The highest BCUT2D eigenvalue weighted by atomic mass is 32.1. The molecule has 31 heavy (non-hydrogen) atoms. The van der Waals surface area contributed by atoms with Gasteiger partial charge in [-0.25, -0.2) is 4.79 Å². The summed E-state index contributed by atoms with van der Waals surface area (Å²) in [6.45, 7) is 9.62. The van der Waals surface area contributed by atoms with Crippen molar-refractivity contribution in [2.75, 3.05) is 18.4 Å². The van der Waals surface area contributed by atoms with Gasteiger partial charge in [-0.3, -0.25) is 4.90 Å². The van der Waals surface area contributed by atoms with Gasteiger partial charge in [0.15, 0.2) is 0 Å². The van der Waals surface area contributed by atoms with Crippen molar-refractivity contribution in [2.45, 2.75) is 52.6 Å². The lowest BCUT2D eigenvalue weighted by Crippen LogP contribution is -2.34. The number of carbonyl (C=O) groups is 1. The standard InChI is InChI=1S/C25H32N4OS/c1-4-18-11-7-8-12-21(18)27-25(30)26-20(5-2)23-19-13-16-28(6-3)17-22(19)31-24(23)29-14-9-10-15-29/h7-12,14-15,20H,4-6,13,16-17H2,1-3H3,(H2,26,27,30). The summed E-state index contributed by atoms with van der Waals surface area (Å²) in [5, 5.41) is 7.58. The van der Waals surface area contributed by atoms with Gasteiger partial charge in [-0.05, 0) is 55.1 Å². The van der Waals surface area contributed by atoms with Crippen LogP contribution >= 0.6 is 11.3 Å². The molecule has 6 heteroatoms. The minimum absolute atomic E-state index is 0.0284. The van der Waals surface area contributed by atoms with Gasteiger partial charge in [0.25, 0.3) is 0 Å². The van der Waals surface area contributed by atoms with Gasteiger partial charge in [0, 0.05) is 41.6 Å². The quantitative estimate of drug-likeness (QED) is 0.495. The number of aromatic nitrogens is 1. The Morgan fingerprint density at radius 1 is 1.13 bits per heavy atom. The van der Waals surface area contributed by atoms with E-state index in [9.17, 15) is 4.79 Å². The molecule has 4 rings (SSSR count). The molecule has 0 bridgehead atoms. The minimum Gasteiger partial charge on any atom is -0.331 e. The number of likely N-dealkylation sites (N-methyl/N-ethyl adjacent to an activating group) is 1. The van der Waals surface area contributed by atoms with Crippen LogP contribution in [0, 0.1) is 0 Å². The van der Waals surface area contributed by atoms with Crippen molar-refractivity contribution in [3.8, 4) is 5.00 Å². The maximum atomic E-state index is 13.0. The Kier molecular flexibility index (Phi) is 6.78. The molecule has 3 heterocycles. The molecular weight excluding hydrogens is 404 g/mol. The third kappa shape index (κ3) is 4.55. The highest BCUT2D eigenvalue weighted by molar-refractivity contribution is 7.15. The summed E-state index contributed by atoms with van der Waals surface area (Å²) in [5.74, 6) is 0. The normalized spacial score (nSPS) is 14.8. The number of amides is 2. The first kappa shape index (κ1) is 21.7. The summed E-state index contributed by atoms with van der Waals surface area (Å²) in [6.07, 6.45) is 6.97. The number of rotatable bonds is 7. The zero-order valence-electron chi connectivity index (χ0n) is 18.6. The number of carbonyl (C=O) groups excluding carboxylic acids is 1. The number of anilines is 1. The molecule has 2 N–H and O–H groups in total. The second kappa shape index (κ2) is 9.71. The molecule has 5 nitrogen and oxygen atoms in total. The lowest BCUT2D eigenvalue weighted by atomic mass is 9.96. The van der Waals surface area contributed by atoms with Crippen LogP contribution < -0.4 is 10.6 Å². The Morgan fingerprint density at radius 2 is 1.90 bits per heavy atom. The molecular formula is C25H32N4OS. The van der Waals surface area contributed by atoms with Crippen LogP contribution in [-0.2, 0) is 19.4 Å². The van der Waals surface area contributed by atoms with E-state index >= 15 is 0 Å². The van der Waals surface area contributed by atoms with Gasteiger partial charge >= 0.3 is 6.03 Å². The van der Waals surface area contributed by atoms with E-state index in [1.807, 2.05) is 29.5 Å². The van der Waals surface area contributed by atoms with Crippen LogP contribution in [0.5, 0.6) is 0 Å². The number of hydrogen-bond donors (Lipinski definition) is 2. The number of benzene rings is 1. The molecule has 0 spiro atoms. The Hall–Kier alpha value is -2.57. The van der Waals surface area contributed by atoms with Crippen molar-refractivity contribution in [3.05, 3.63) is 70.4 Å². The largest absolute Gasteiger partial charge is 0.331 e. The Balaban J connectivity index is 1.63. The molecule has 2 amide bonds. The minimum atomic E-state index is -0.142. The lowest BCUT2D eigenvalue weighted by molar-refractivity contribution is 0.247. The third-order valence-electron chi connectivity index (χ3n) is 6.15. The number of thiophene rings is 1. The van der Waals surface area contributed by atoms with Crippen molar-refractivity contribution >= 4 is 23.1 Å². The van der Waals surface area contributed by atoms with Gasteiger partial charge < -0.3 is 15.2 Å². The predicted octanol–water partition coefficient (Wildman–Crippen LogP) is 5.75. The van der Waals surface area contributed by atoms with Crippen LogP contribution in [0.2, 0.25) is 0 Å². The number of hydrogen-bond acceptors (Lipinski definition) is 3. The molecule has 1 atom stereocenters. The van der Waals surface area contributed by atoms with Gasteiger partial charge in [-0.15, -0.1) is 11.3 Å². The van der Waals surface area contributed by atoms with Crippen LogP contribution in [0.1, 0.15) is 54.8 Å². The fourth-order valence-corrected chi connectivity index (χ4v) is 5.82. The summed E-state index contributed by atoms with van der Waals surface area (Å²) < 4.78 is 2.20.